The lowest BCUT2D eigenvalue weighted by Crippen LogP contribution is -2.56. The smallest absolute Gasteiger partial charge is 0.118 e. The van der Waals surface area contributed by atoms with Gasteiger partial charge in [-0.15, -0.1) is 0 Å². The number of rotatable bonds is 6. The Bertz CT molecular complexity index is 524. The van der Waals surface area contributed by atoms with Gasteiger partial charge in [-0.3, -0.25) is 4.90 Å². The average Bonchev–Trinajstić information content (AvgIpc) is 3.28. The molecule has 3 fully saturated rings. The Morgan fingerprint density at radius 2 is 2.22 bits per heavy atom. The van der Waals surface area contributed by atoms with Crippen LogP contribution < -0.4 is 0 Å². The largest absolute Gasteiger partial charge is 0.465 e. The standard InChI is InChI=1S/C19H29NO3/c1-15-3-6-17(23-15)11-20-9-7-18-19(13-20,8-2-10-22-18)14-21-12-16-4-5-16/h3,6,16,18H,2,4-5,7-14H2,1H3. The van der Waals surface area contributed by atoms with Gasteiger partial charge in [0.2, 0.25) is 0 Å². The number of nitrogens with zero attached hydrogens (tertiary/aromatic N) is 1. The van der Waals surface area contributed by atoms with Crippen molar-refractivity contribution >= 4 is 0 Å². The third-order valence-electron chi connectivity index (χ3n) is 5.68. The Morgan fingerprint density at radius 1 is 1.30 bits per heavy atom. The van der Waals surface area contributed by atoms with Gasteiger partial charge in [-0.05, 0) is 57.1 Å². The topological polar surface area (TPSA) is 34.8 Å². The van der Waals surface area contributed by atoms with Gasteiger partial charge >= 0.3 is 0 Å². The fourth-order valence-corrected chi connectivity index (χ4v) is 4.23. The molecule has 128 valence electrons. The summed E-state index contributed by atoms with van der Waals surface area (Å²) in [6.45, 7) is 7.82. The van der Waals surface area contributed by atoms with E-state index < -0.39 is 0 Å². The predicted molar refractivity (Wildman–Crippen MR) is 88.3 cm³/mol. The van der Waals surface area contributed by atoms with Crippen molar-refractivity contribution in [2.45, 2.75) is 51.7 Å². The Balaban J connectivity index is 1.40. The van der Waals surface area contributed by atoms with Crippen molar-refractivity contribution < 1.29 is 13.9 Å². The fourth-order valence-electron chi connectivity index (χ4n) is 4.23. The van der Waals surface area contributed by atoms with Gasteiger partial charge in [0.1, 0.15) is 11.5 Å². The van der Waals surface area contributed by atoms with Crippen LogP contribution in [0.25, 0.3) is 0 Å². The molecule has 3 heterocycles. The first-order valence-electron chi connectivity index (χ1n) is 9.21. The normalized spacial score (nSPS) is 32.0. The highest BCUT2D eigenvalue weighted by Gasteiger charge is 2.46. The molecular weight excluding hydrogens is 290 g/mol. The van der Waals surface area contributed by atoms with Crippen molar-refractivity contribution in [1.29, 1.82) is 0 Å². The molecule has 1 aromatic heterocycles. The molecule has 0 aromatic carbocycles. The van der Waals surface area contributed by atoms with Crippen LogP contribution in [0.4, 0.5) is 0 Å². The SMILES string of the molecule is Cc1ccc(CN2CCC3OCCCC3(COCC3CC3)C2)o1. The van der Waals surface area contributed by atoms with E-state index in [1.165, 1.54) is 19.3 Å². The van der Waals surface area contributed by atoms with Crippen LogP contribution in [-0.4, -0.2) is 43.9 Å². The molecule has 3 aliphatic rings. The molecule has 0 bridgehead atoms. The average molecular weight is 319 g/mol. The number of hydrogen-bond acceptors (Lipinski definition) is 4. The quantitative estimate of drug-likeness (QED) is 0.805. The van der Waals surface area contributed by atoms with Crippen LogP contribution in [0, 0.1) is 18.3 Å². The number of hydrogen-bond donors (Lipinski definition) is 0. The predicted octanol–water partition coefficient (Wildman–Crippen LogP) is 3.39. The van der Waals surface area contributed by atoms with E-state index in [2.05, 4.69) is 17.0 Å². The monoisotopic (exact) mass is 319 g/mol. The van der Waals surface area contributed by atoms with Crippen molar-refractivity contribution in [3.8, 4) is 0 Å². The van der Waals surface area contributed by atoms with Crippen molar-refractivity contribution in [2.24, 2.45) is 11.3 Å². The molecule has 1 saturated carbocycles. The highest BCUT2D eigenvalue weighted by atomic mass is 16.5. The minimum Gasteiger partial charge on any atom is -0.465 e. The van der Waals surface area contributed by atoms with Crippen LogP contribution in [0.2, 0.25) is 0 Å². The molecule has 4 nitrogen and oxygen atoms in total. The molecule has 0 radical (unpaired) electrons. The van der Waals surface area contributed by atoms with Crippen molar-refractivity contribution in [2.75, 3.05) is 32.9 Å². The molecule has 0 spiro atoms. The van der Waals surface area contributed by atoms with Crippen LogP contribution >= 0.6 is 0 Å². The van der Waals surface area contributed by atoms with E-state index in [9.17, 15) is 0 Å². The summed E-state index contributed by atoms with van der Waals surface area (Å²) < 4.78 is 18.0. The summed E-state index contributed by atoms with van der Waals surface area (Å²) in [7, 11) is 0. The molecule has 2 atom stereocenters. The molecule has 23 heavy (non-hydrogen) atoms. The number of fused-ring (bicyclic) bond motifs is 1. The third kappa shape index (κ3) is 3.65. The Hall–Kier alpha value is -0.840. The summed E-state index contributed by atoms with van der Waals surface area (Å²) in [5, 5.41) is 0. The molecule has 4 heteroatoms. The minimum absolute atomic E-state index is 0.188. The number of ether oxygens (including phenoxy) is 2. The van der Waals surface area contributed by atoms with Gasteiger partial charge in [0, 0.05) is 31.7 Å². The van der Waals surface area contributed by atoms with Crippen molar-refractivity contribution in [3.63, 3.8) is 0 Å². The van der Waals surface area contributed by atoms with Gasteiger partial charge in [-0.2, -0.15) is 0 Å². The van der Waals surface area contributed by atoms with E-state index in [4.69, 9.17) is 13.9 Å². The molecule has 0 N–H and O–H groups in total. The van der Waals surface area contributed by atoms with E-state index in [1.54, 1.807) is 0 Å². The molecule has 2 saturated heterocycles. The van der Waals surface area contributed by atoms with Gasteiger partial charge in [0.15, 0.2) is 0 Å². The van der Waals surface area contributed by atoms with E-state index >= 15 is 0 Å². The molecular formula is C19H29NO3. The van der Waals surface area contributed by atoms with Crippen LogP contribution in [0.15, 0.2) is 16.5 Å². The lowest BCUT2D eigenvalue weighted by atomic mass is 9.73. The highest BCUT2D eigenvalue weighted by Crippen LogP contribution is 2.41. The molecule has 2 unspecified atom stereocenters. The summed E-state index contributed by atoms with van der Waals surface area (Å²) in [5.41, 5.74) is 0.188. The summed E-state index contributed by atoms with van der Waals surface area (Å²) in [5.74, 6) is 2.91. The Labute approximate surface area is 139 Å². The number of furan rings is 1. The molecule has 2 aliphatic heterocycles. The van der Waals surface area contributed by atoms with E-state index in [0.29, 0.717) is 6.10 Å². The molecule has 0 amide bonds. The summed E-state index contributed by atoms with van der Waals surface area (Å²) in [6.07, 6.45) is 6.61. The minimum atomic E-state index is 0.188. The zero-order chi connectivity index (χ0) is 15.7. The molecule has 4 rings (SSSR count). The van der Waals surface area contributed by atoms with Gasteiger partial charge in [-0.1, -0.05) is 0 Å². The maximum atomic E-state index is 6.13. The zero-order valence-corrected chi connectivity index (χ0v) is 14.3. The summed E-state index contributed by atoms with van der Waals surface area (Å²) in [4.78, 5) is 2.53. The van der Waals surface area contributed by atoms with Gasteiger partial charge in [0.25, 0.3) is 0 Å². The highest BCUT2D eigenvalue weighted by molar-refractivity contribution is 5.06. The van der Waals surface area contributed by atoms with Crippen molar-refractivity contribution in [3.05, 3.63) is 23.7 Å². The van der Waals surface area contributed by atoms with Gasteiger partial charge in [-0.25, -0.2) is 0 Å². The zero-order valence-electron chi connectivity index (χ0n) is 14.3. The van der Waals surface area contributed by atoms with Crippen LogP contribution in [-0.2, 0) is 16.0 Å². The lowest BCUT2D eigenvalue weighted by molar-refractivity contribution is -0.155. The maximum Gasteiger partial charge on any atom is 0.118 e. The van der Waals surface area contributed by atoms with E-state index in [-0.39, 0.29) is 5.41 Å². The Morgan fingerprint density at radius 3 is 3.00 bits per heavy atom. The number of aryl methyl sites for hydroxylation is 1. The lowest BCUT2D eigenvalue weighted by Gasteiger charge is -2.50. The Kier molecular flexibility index (Phi) is 4.48. The number of piperidine rings is 1. The van der Waals surface area contributed by atoms with Crippen molar-refractivity contribution in [1.82, 2.24) is 4.90 Å². The molecule has 1 aromatic rings. The summed E-state index contributed by atoms with van der Waals surface area (Å²) in [6, 6.07) is 4.16. The maximum absolute atomic E-state index is 6.13. The first-order valence-corrected chi connectivity index (χ1v) is 9.21. The second-order valence-corrected chi connectivity index (χ2v) is 7.80. The van der Waals surface area contributed by atoms with Crippen LogP contribution in [0.3, 0.4) is 0 Å². The molecule has 1 aliphatic carbocycles. The fraction of sp³-hybridized carbons (Fsp3) is 0.789. The first-order chi connectivity index (χ1) is 11.2. The summed E-state index contributed by atoms with van der Waals surface area (Å²) >= 11 is 0. The van der Waals surface area contributed by atoms with Gasteiger partial charge < -0.3 is 13.9 Å². The van der Waals surface area contributed by atoms with Crippen LogP contribution in [0.5, 0.6) is 0 Å². The van der Waals surface area contributed by atoms with E-state index in [1.807, 2.05) is 6.92 Å². The number of likely N-dealkylation sites (tertiary alicyclic amines) is 1. The third-order valence-corrected chi connectivity index (χ3v) is 5.68. The van der Waals surface area contributed by atoms with Gasteiger partial charge in [0.05, 0.1) is 19.3 Å². The second kappa shape index (κ2) is 6.58. The first kappa shape index (κ1) is 15.7. The van der Waals surface area contributed by atoms with Crippen LogP contribution in [0.1, 0.15) is 43.6 Å². The van der Waals surface area contributed by atoms with E-state index in [0.717, 1.165) is 69.7 Å². The second-order valence-electron chi connectivity index (χ2n) is 7.80.